The molecule has 3 heterocycles. The average molecular weight is 504 g/mol. The normalized spacial score (nSPS) is 18.9. The number of carbonyl (C=O) groups excluding carboxylic acids is 1. The van der Waals surface area contributed by atoms with E-state index >= 15 is 0 Å². The van der Waals surface area contributed by atoms with Crippen molar-refractivity contribution in [2.24, 2.45) is 0 Å². The maximum atomic E-state index is 12.5. The molecule has 1 N–H and O–H groups in total. The number of nitrogens with zero attached hydrogens (tertiary/aromatic N) is 3. The van der Waals surface area contributed by atoms with Crippen molar-refractivity contribution in [1.82, 2.24) is 14.8 Å². The predicted molar refractivity (Wildman–Crippen MR) is 137 cm³/mol. The first-order valence-electron chi connectivity index (χ1n) is 12.2. The molecule has 186 valence electrons. The molecule has 2 fully saturated rings. The second kappa shape index (κ2) is 10.7. The number of carboxylic acid groups (broad SMARTS) is 1. The van der Waals surface area contributed by atoms with E-state index in [0.717, 1.165) is 53.7 Å². The van der Waals surface area contributed by atoms with Gasteiger partial charge in [-0.3, -0.25) is 9.80 Å². The fraction of sp³-hybridized carbons (Fsp3) is 0.321. The van der Waals surface area contributed by atoms with Crippen LogP contribution in [0.15, 0.2) is 76.7 Å². The van der Waals surface area contributed by atoms with E-state index in [0.29, 0.717) is 6.61 Å². The largest absolute Gasteiger partial charge is 0.478 e. The van der Waals surface area contributed by atoms with E-state index in [1.165, 1.54) is 17.3 Å². The van der Waals surface area contributed by atoms with E-state index in [4.69, 9.17) is 14.8 Å². The molecule has 7 nitrogen and oxygen atoms in total. The third kappa shape index (κ3) is 5.39. The second-order valence-corrected chi connectivity index (χ2v) is 10.3. The number of carbonyl (C=O) groups is 2. The molecule has 0 bridgehead atoms. The Bertz CT molecular complexity index is 1230. The van der Waals surface area contributed by atoms with Crippen molar-refractivity contribution in [2.75, 3.05) is 19.7 Å². The van der Waals surface area contributed by atoms with Gasteiger partial charge in [-0.15, -0.1) is 0 Å². The molecule has 36 heavy (non-hydrogen) atoms. The molecule has 0 spiro atoms. The van der Waals surface area contributed by atoms with Crippen LogP contribution in [0.25, 0.3) is 0 Å². The van der Waals surface area contributed by atoms with Gasteiger partial charge < -0.3 is 9.84 Å². The van der Waals surface area contributed by atoms with Gasteiger partial charge in [0.25, 0.3) is 0 Å². The molecule has 0 aliphatic carbocycles. The zero-order valence-electron chi connectivity index (χ0n) is 20.2. The summed E-state index contributed by atoms with van der Waals surface area (Å²) in [7, 11) is 0. The van der Waals surface area contributed by atoms with Crippen LogP contribution in [0.2, 0.25) is 0 Å². The van der Waals surface area contributed by atoms with Crippen LogP contribution in [-0.4, -0.2) is 57.7 Å². The quantitative estimate of drug-likeness (QED) is 0.462. The fourth-order valence-corrected chi connectivity index (χ4v) is 5.77. The van der Waals surface area contributed by atoms with Gasteiger partial charge in [-0.05, 0) is 61.2 Å². The minimum Gasteiger partial charge on any atom is -0.478 e. The number of ether oxygens (including phenoxy) is 1. The number of likely N-dealkylation sites (tertiary alicyclic amines) is 1. The predicted octanol–water partition coefficient (Wildman–Crippen LogP) is 5.40. The number of piperidine rings is 1. The third-order valence-corrected chi connectivity index (χ3v) is 7.88. The van der Waals surface area contributed by atoms with Crippen LogP contribution < -0.4 is 0 Å². The Labute approximate surface area is 215 Å². The number of rotatable bonds is 7. The van der Waals surface area contributed by atoms with E-state index in [-0.39, 0.29) is 23.7 Å². The maximum absolute atomic E-state index is 12.5. The number of aromatic nitrogens is 1. The summed E-state index contributed by atoms with van der Waals surface area (Å²) in [5.41, 5.74) is 3.60. The van der Waals surface area contributed by atoms with Gasteiger partial charge in [0, 0.05) is 36.3 Å². The van der Waals surface area contributed by atoms with Gasteiger partial charge in [-0.2, -0.15) is 0 Å². The molecular formula is C28H29N3O4S. The molecule has 1 aromatic heterocycles. The summed E-state index contributed by atoms with van der Waals surface area (Å²) < 4.78 is 5.43. The summed E-state index contributed by atoms with van der Waals surface area (Å²) in [5.74, 6) is -0.926. The lowest BCUT2D eigenvalue weighted by molar-refractivity contribution is 0.0696. The Morgan fingerprint density at radius 1 is 1.06 bits per heavy atom. The molecule has 1 amide bonds. The molecule has 2 saturated heterocycles. The summed E-state index contributed by atoms with van der Waals surface area (Å²) in [6.07, 6.45) is 1.64. The Kier molecular flexibility index (Phi) is 7.25. The molecule has 2 aliphatic rings. The highest BCUT2D eigenvalue weighted by molar-refractivity contribution is 7.99. The number of cyclic esters (lactones) is 1. The summed E-state index contributed by atoms with van der Waals surface area (Å²) in [4.78, 5) is 33.7. The van der Waals surface area contributed by atoms with E-state index in [2.05, 4.69) is 23.1 Å². The number of hydrogen-bond donors (Lipinski definition) is 1. The van der Waals surface area contributed by atoms with Gasteiger partial charge in [-0.25, -0.2) is 14.6 Å². The zero-order chi connectivity index (χ0) is 25.1. The number of amides is 1. The Hall–Kier alpha value is -3.36. The Morgan fingerprint density at radius 2 is 1.78 bits per heavy atom. The number of pyridine rings is 1. The zero-order valence-corrected chi connectivity index (χ0v) is 21.0. The monoisotopic (exact) mass is 503 g/mol. The number of aryl methyl sites for hydroxylation is 1. The lowest BCUT2D eigenvalue weighted by atomic mass is 9.99. The number of aromatic carboxylic acids is 1. The topological polar surface area (TPSA) is 83.0 Å². The fourth-order valence-electron chi connectivity index (χ4n) is 4.94. The lowest BCUT2D eigenvalue weighted by Crippen LogP contribution is -2.46. The lowest BCUT2D eigenvalue weighted by Gasteiger charge is -2.38. The molecule has 2 aliphatic heterocycles. The van der Waals surface area contributed by atoms with E-state index in [1.807, 2.05) is 48.2 Å². The Morgan fingerprint density at radius 3 is 2.44 bits per heavy atom. The van der Waals surface area contributed by atoms with Crippen LogP contribution in [0.3, 0.4) is 0 Å². The van der Waals surface area contributed by atoms with Crippen LogP contribution in [-0.2, 0) is 11.3 Å². The van der Waals surface area contributed by atoms with E-state index in [1.54, 1.807) is 12.1 Å². The summed E-state index contributed by atoms with van der Waals surface area (Å²) in [5, 5.41) is 9.95. The van der Waals surface area contributed by atoms with Crippen molar-refractivity contribution in [1.29, 1.82) is 0 Å². The minimum atomic E-state index is -0.926. The van der Waals surface area contributed by atoms with Gasteiger partial charge in [0.15, 0.2) is 0 Å². The van der Waals surface area contributed by atoms with Crippen LogP contribution in [0.1, 0.15) is 46.1 Å². The summed E-state index contributed by atoms with van der Waals surface area (Å²) >= 11 is 1.52. The van der Waals surface area contributed by atoms with Crippen molar-refractivity contribution < 1.29 is 19.4 Å². The van der Waals surface area contributed by atoms with Crippen LogP contribution >= 0.6 is 11.8 Å². The van der Waals surface area contributed by atoms with Crippen molar-refractivity contribution in [3.63, 3.8) is 0 Å². The Balaban J connectivity index is 1.17. The van der Waals surface area contributed by atoms with Gasteiger partial charge in [0.1, 0.15) is 11.6 Å². The first-order valence-corrected chi connectivity index (χ1v) is 13.0. The first-order chi connectivity index (χ1) is 17.5. The standard InChI is InChI=1S/C28H29N3O4S/c1-19-22(9-12-26(29-19)36-24-10-7-21(8-11-24)27(32)33)17-30-15-13-23(14-16-30)31-25(18-35-28(31)34)20-5-3-2-4-6-20/h2-12,23,25H,13-18H2,1H3,(H,32,33)/t25-/m0/s1. The number of benzene rings is 2. The molecule has 0 saturated carbocycles. The molecule has 3 aromatic rings. The molecule has 0 unspecified atom stereocenters. The SMILES string of the molecule is Cc1nc(Sc2ccc(C(=O)O)cc2)ccc1CN1CCC(N2C(=O)OC[C@H]2c2ccccc2)CC1. The molecule has 0 radical (unpaired) electrons. The molecule has 5 rings (SSSR count). The highest BCUT2D eigenvalue weighted by Gasteiger charge is 2.40. The highest BCUT2D eigenvalue weighted by Crippen LogP contribution is 2.33. The van der Waals surface area contributed by atoms with Crippen molar-refractivity contribution >= 4 is 23.8 Å². The maximum Gasteiger partial charge on any atom is 0.410 e. The molecular weight excluding hydrogens is 474 g/mol. The van der Waals surface area contributed by atoms with Crippen LogP contribution in [0, 0.1) is 6.92 Å². The smallest absolute Gasteiger partial charge is 0.410 e. The van der Waals surface area contributed by atoms with Gasteiger partial charge in [0.05, 0.1) is 11.6 Å². The van der Waals surface area contributed by atoms with Crippen molar-refractivity contribution in [3.8, 4) is 0 Å². The first kappa shape index (κ1) is 24.3. The highest BCUT2D eigenvalue weighted by atomic mass is 32.2. The molecule has 1 atom stereocenters. The summed E-state index contributed by atoms with van der Waals surface area (Å²) in [6.45, 7) is 5.12. The molecule has 8 heteroatoms. The van der Waals surface area contributed by atoms with Gasteiger partial charge >= 0.3 is 12.1 Å². The van der Waals surface area contributed by atoms with Crippen molar-refractivity contribution in [2.45, 2.75) is 48.3 Å². The number of carboxylic acids is 1. The number of hydrogen-bond acceptors (Lipinski definition) is 6. The van der Waals surface area contributed by atoms with Gasteiger partial charge in [-0.1, -0.05) is 48.2 Å². The van der Waals surface area contributed by atoms with Crippen molar-refractivity contribution in [3.05, 3.63) is 89.1 Å². The average Bonchev–Trinajstić information content (AvgIpc) is 3.28. The third-order valence-electron chi connectivity index (χ3n) is 6.93. The van der Waals surface area contributed by atoms with Crippen LogP contribution in [0.4, 0.5) is 4.79 Å². The van der Waals surface area contributed by atoms with Gasteiger partial charge in [0.2, 0.25) is 0 Å². The van der Waals surface area contributed by atoms with E-state index in [9.17, 15) is 9.59 Å². The summed E-state index contributed by atoms with van der Waals surface area (Å²) in [6, 6.07) is 21.3. The minimum absolute atomic E-state index is 0.00734. The van der Waals surface area contributed by atoms with Crippen LogP contribution in [0.5, 0.6) is 0 Å². The van der Waals surface area contributed by atoms with E-state index < -0.39 is 5.97 Å². The molecule has 2 aromatic carbocycles. The second-order valence-electron chi connectivity index (χ2n) is 9.24.